The van der Waals surface area contributed by atoms with Gasteiger partial charge in [-0.05, 0) is 37.3 Å². The highest BCUT2D eigenvalue weighted by Gasteiger charge is 2.20. The molecular formula is C20H24N2O2. The van der Waals surface area contributed by atoms with Gasteiger partial charge in [0.25, 0.3) is 0 Å². The molecule has 1 saturated carbocycles. The van der Waals surface area contributed by atoms with Crippen LogP contribution in [-0.2, 0) is 11.3 Å². The molecule has 0 aliphatic heterocycles. The average Bonchev–Trinajstić information content (AvgIpc) is 3.10. The minimum atomic E-state index is -0.509. The lowest BCUT2D eigenvalue weighted by Gasteiger charge is -2.19. The van der Waals surface area contributed by atoms with Gasteiger partial charge in [0.2, 0.25) is 5.91 Å². The zero-order valence-corrected chi connectivity index (χ0v) is 13.8. The van der Waals surface area contributed by atoms with Gasteiger partial charge in [0.15, 0.2) is 0 Å². The van der Waals surface area contributed by atoms with E-state index < -0.39 is 6.04 Å². The predicted molar refractivity (Wildman–Crippen MR) is 94.5 cm³/mol. The first-order valence-corrected chi connectivity index (χ1v) is 8.56. The number of nitrogens with two attached hydrogens (primary N) is 1. The summed E-state index contributed by atoms with van der Waals surface area (Å²) in [6.07, 6.45) is 5.03. The van der Waals surface area contributed by atoms with Gasteiger partial charge in [-0.25, -0.2) is 0 Å². The highest BCUT2D eigenvalue weighted by Crippen LogP contribution is 2.27. The number of hydrogen-bond acceptors (Lipinski definition) is 3. The Hall–Kier alpha value is -2.33. The molecule has 1 fully saturated rings. The molecule has 24 heavy (non-hydrogen) atoms. The van der Waals surface area contributed by atoms with Crippen LogP contribution in [0, 0.1) is 0 Å². The molecule has 2 aromatic rings. The second-order valence-electron chi connectivity index (χ2n) is 6.26. The maximum Gasteiger partial charge on any atom is 0.239 e. The zero-order chi connectivity index (χ0) is 16.8. The molecule has 0 spiro atoms. The van der Waals surface area contributed by atoms with Crippen LogP contribution in [-0.4, -0.2) is 12.0 Å². The molecule has 0 bridgehead atoms. The summed E-state index contributed by atoms with van der Waals surface area (Å²) in [7, 11) is 0. The highest BCUT2D eigenvalue weighted by atomic mass is 16.5. The first-order valence-electron chi connectivity index (χ1n) is 8.56. The Bertz CT molecular complexity index is 666. The number of ether oxygens (including phenoxy) is 1. The number of carbonyl (C=O) groups is 1. The minimum Gasteiger partial charge on any atom is -0.490 e. The molecule has 4 heteroatoms. The third kappa shape index (κ3) is 4.15. The fraction of sp³-hybridized carbons (Fsp3) is 0.350. The third-order valence-electron chi connectivity index (χ3n) is 4.48. The number of primary amides is 1. The summed E-state index contributed by atoms with van der Waals surface area (Å²) in [5.41, 5.74) is 7.49. The fourth-order valence-corrected chi connectivity index (χ4v) is 3.19. The van der Waals surface area contributed by atoms with Crippen LogP contribution in [0.15, 0.2) is 54.6 Å². The Kier molecular flexibility index (Phi) is 5.49. The van der Waals surface area contributed by atoms with Gasteiger partial charge in [0, 0.05) is 12.1 Å². The van der Waals surface area contributed by atoms with Crippen molar-refractivity contribution in [2.24, 2.45) is 5.73 Å². The number of carbonyl (C=O) groups excluding carboxylic acids is 1. The van der Waals surface area contributed by atoms with Gasteiger partial charge in [0.1, 0.15) is 11.8 Å². The summed E-state index contributed by atoms with van der Waals surface area (Å²) < 4.78 is 6.15. The molecular weight excluding hydrogens is 300 g/mol. The van der Waals surface area contributed by atoms with Crippen molar-refractivity contribution in [2.75, 3.05) is 0 Å². The van der Waals surface area contributed by atoms with E-state index in [2.05, 4.69) is 5.32 Å². The molecule has 0 saturated heterocycles. The van der Waals surface area contributed by atoms with E-state index in [0.717, 1.165) is 29.7 Å². The SMILES string of the molecule is NC(=O)[C@H](NCc1ccccc1OC1CCCC1)c1ccccc1. The van der Waals surface area contributed by atoms with Crippen LogP contribution in [0.25, 0.3) is 0 Å². The lowest BCUT2D eigenvalue weighted by Crippen LogP contribution is -2.33. The Morgan fingerprint density at radius 3 is 2.46 bits per heavy atom. The standard InChI is InChI=1S/C20H24N2O2/c21-20(23)19(15-8-2-1-3-9-15)22-14-16-10-4-7-13-18(16)24-17-11-5-6-12-17/h1-4,7-10,13,17,19,22H,5-6,11-12,14H2,(H2,21,23)/t19-/m1/s1. The van der Waals surface area contributed by atoms with Crippen LogP contribution in [0.1, 0.15) is 42.9 Å². The van der Waals surface area contributed by atoms with Gasteiger partial charge in [0.05, 0.1) is 6.10 Å². The molecule has 1 amide bonds. The Morgan fingerprint density at radius 1 is 1.08 bits per heavy atom. The molecule has 1 aliphatic carbocycles. The monoisotopic (exact) mass is 324 g/mol. The van der Waals surface area contributed by atoms with Crippen LogP contribution in [0.4, 0.5) is 0 Å². The zero-order valence-electron chi connectivity index (χ0n) is 13.8. The third-order valence-corrected chi connectivity index (χ3v) is 4.48. The highest BCUT2D eigenvalue weighted by molar-refractivity contribution is 5.81. The predicted octanol–water partition coefficient (Wildman–Crippen LogP) is 3.32. The molecule has 1 atom stereocenters. The summed E-state index contributed by atoms with van der Waals surface area (Å²) in [4.78, 5) is 11.8. The van der Waals surface area contributed by atoms with E-state index in [9.17, 15) is 4.79 Å². The maximum absolute atomic E-state index is 11.8. The van der Waals surface area contributed by atoms with E-state index in [0.29, 0.717) is 12.6 Å². The van der Waals surface area contributed by atoms with Crippen LogP contribution >= 0.6 is 0 Å². The molecule has 2 aromatic carbocycles. The van der Waals surface area contributed by atoms with E-state index >= 15 is 0 Å². The van der Waals surface area contributed by atoms with Crippen LogP contribution in [0.5, 0.6) is 5.75 Å². The largest absolute Gasteiger partial charge is 0.490 e. The summed E-state index contributed by atoms with van der Waals surface area (Å²) in [5.74, 6) is 0.517. The number of amides is 1. The molecule has 126 valence electrons. The van der Waals surface area contributed by atoms with Crippen molar-refractivity contribution >= 4 is 5.91 Å². The molecule has 0 heterocycles. The van der Waals surface area contributed by atoms with Crippen molar-refractivity contribution in [3.8, 4) is 5.75 Å². The quantitative estimate of drug-likeness (QED) is 0.821. The number of hydrogen-bond donors (Lipinski definition) is 2. The van der Waals surface area contributed by atoms with Gasteiger partial charge >= 0.3 is 0 Å². The molecule has 0 unspecified atom stereocenters. The maximum atomic E-state index is 11.8. The average molecular weight is 324 g/mol. The van der Waals surface area contributed by atoms with E-state index in [-0.39, 0.29) is 5.91 Å². The summed E-state index contributed by atoms with van der Waals surface area (Å²) in [5, 5.41) is 3.26. The molecule has 3 rings (SSSR count). The molecule has 4 nitrogen and oxygen atoms in total. The number of rotatable bonds is 7. The van der Waals surface area contributed by atoms with Crippen molar-refractivity contribution in [3.63, 3.8) is 0 Å². The Balaban J connectivity index is 1.69. The van der Waals surface area contributed by atoms with Crippen molar-refractivity contribution < 1.29 is 9.53 Å². The topological polar surface area (TPSA) is 64.4 Å². The van der Waals surface area contributed by atoms with E-state index in [1.807, 2.05) is 54.6 Å². The molecule has 0 aromatic heterocycles. The van der Waals surface area contributed by atoms with Crippen molar-refractivity contribution in [1.29, 1.82) is 0 Å². The lowest BCUT2D eigenvalue weighted by atomic mass is 10.1. The van der Waals surface area contributed by atoms with Gasteiger partial charge in [-0.15, -0.1) is 0 Å². The van der Waals surface area contributed by atoms with Crippen molar-refractivity contribution in [1.82, 2.24) is 5.32 Å². The Labute approximate surface area is 143 Å². The summed E-state index contributed by atoms with van der Waals surface area (Å²) >= 11 is 0. The Morgan fingerprint density at radius 2 is 1.75 bits per heavy atom. The first-order chi connectivity index (χ1) is 11.7. The van der Waals surface area contributed by atoms with Gasteiger partial charge in [-0.1, -0.05) is 48.5 Å². The van der Waals surface area contributed by atoms with Gasteiger partial charge < -0.3 is 10.5 Å². The molecule has 0 radical (unpaired) electrons. The van der Waals surface area contributed by atoms with Crippen molar-refractivity contribution in [3.05, 3.63) is 65.7 Å². The lowest BCUT2D eigenvalue weighted by molar-refractivity contribution is -0.120. The van der Waals surface area contributed by atoms with E-state index in [1.54, 1.807) is 0 Å². The van der Waals surface area contributed by atoms with Crippen molar-refractivity contribution in [2.45, 2.75) is 44.4 Å². The molecule has 1 aliphatic rings. The normalized spacial score (nSPS) is 16.0. The number of para-hydroxylation sites is 1. The van der Waals surface area contributed by atoms with E-state index in [1.165, 1.54) is 12.8 Å². The minimum absolute atomic E-state index is 0.312. The number of benzene rings is 2. The van der Waals surface area contributed by atoms with Crippen LogP contribution in [0.3, 0.4) is 0 Å². The second-order valence-corrected chi connectivity index (χ2v) is 6.26. The van der Waals surface area contributed by atoms with Crippen LogP contribution in [0.2, 0.25) is 0 Å². The smallest absolute Gasteiger partial charge is 0.239 e. The van der Waals surface area contributed by atoms with E-state index in [4.69, 9.17) is 10.5 Å². The summed E-state index contributed by atoms with van der Waals surface area (Å²) in [6, 6.07) is 17.0. The van der Waals surface area contributed by atoms with Gasteiger partial charge in [-0.3, -0.25) is 10.1 Å². The first kappa shape index (κ1) is 16.5. The van der Waals surface area contributed by atoms with Gasteiger partial charge in [-0.2, -0.15) is 0 Å². The fourth-order valence-electron chi connectivity index (χ4n) is 3.19. The molecule has 3 N–H and O–H groups in total. The summed E-state index contributed by atoms with van der Waals surface area (Å²) in [6.45, 7) is 0.533. The second kappa shape index (κ2) is 7.97. The number of nitrogens with one attached hydrogen (secondary N) is 1. The van der Waals surface area contributed by atoms with Crippen LogP contribution < -0.4 is 15.8 Å².